The molecule has 1 aromatic heterocycles. The van der Waals surface area contributed by atoms with Crippen LogP contribution in [0, 0.1) is 0 Å². The zero-order valence-corrected chi connectivity index (χ0v) is 15.0. The Morgan fingerprint density at radius 1 is 1.12 bits per heavy atom. The van der Waals surface area contributed by atoms with Crippen molar-refractivity contribution >= 4 is 29.2 Å². The molecular formula is C19H24N4O3. The fraction of sp³-hybridized carbons (Fsp3) is 0.316. The standard InChI is InChI=1S/C19H24N4O3/c1-3-5-11-20-18(24)14-7-6-8-15(12-14)22-17-10-9-16(13-21-17)23-19(25)26-4-2/h6-10,12-13H,3-5,11H2,1-2H3,(H,20,24)(H,21,22)(H,23,25). The van der Waals surface area contributed by atoms with Gasteiger partial charge in [0.15, 0.2) is 0 Å². The number of hydrogen-bond donors (Lipinski definition) is 3. The predicted octanol–water partition coefficient (Wildman–Crippen LogP) is 3.92. The van der Waals surface area contributed by atoms with Crippen LogP contribution in [0.15, 0.2) is 42.6 Å². The van der Waals surface area contributed by atoms with Crippen molar-refractivity contribution < 1.29 is 14.3 Å². The summed E-state index contributed by atoms with van der Waals surface area (Å²) >= 11 is 0. The maximum Gasteiger partial charge on any atom is 0.411 e. The van der Waals surface area contributed by atoms with Crippen molar-refractivity contribution in [1.82, 2.24) is 10.3 Å². The van der Waals surface area contributed by atoms with Crippen molar-refractivity contribution in [1.29, 1.82) is 0 Å². The molecule has 138 valence electrons. The maximum atomic E-state index is 12.1. The lowest BCUT2D eigenvalue weighted by molar-refractivity contribution is 0.0953. The molecule has 0 bridgehead atoms. The van der Waals surface area contributed by atoms with E-state index in [9.17, 15) is 9.59 Å². The minimum absolute atomic E-state index is 0.0935. The van der Waals surface area contributed by atoms with Gasteiger partial charge in [0.05, 0.1) is 18.5 Å². The van der Waals surface area contributed by atoms with Crippen molar-refractivity contribution in [3.05, 3.63) is 48.2 Å². The van der Waals surface area contributed by atoms with E-state index in [-0.39, 0.29) is 5.91 Å². The molecule has 0 atom stereocenters. The first-order chi connectivity index (χ1) is 12.6. The summed E-state index contributed by atoms with van der Waals surface area (Å²) in [7, 11) is 0. The molecule has 0 fully saturated rings. The normalized spacial score (nSPS) is 10.1. The molecule has 0 radical (unpaired) electrons. The number of aromatic nitrogens is 1. The summed E-state index contributed by atoms with van der Waals surface area (Å²) in [6, 6.07) is 10.7. The first-order valence-electron chi connectivity index (χ1n) is 8.67. The summed E-state index contributed by atoms with van der Waals surface area (Å²) in [4.78, 5) is 27.7. The number of benzene rings is 1. The van der Waals surface area contributed by atoms with Crippen LogP contribution in [0.5, 0.6) is 0 Å². The number of carbonyl (C=O) groups is 2. The summed E-state index contributed by atoms with van der Waals surface area (Å²) in [5, 5.41) is 8.61. The second kappa shape index (κ2) is 10.0. The molecule has 7 heteroatoms. The number of unbranched alkanes of at least 4 members (excludes halogenated alkanes) is 1. The molecule has 2 aromatic rings. The van der Waals surface area contributed by atoms with Gasteiger partial charge in [0, 0.05) is 17.8 Å². The minimum atomic E-state index is -0.517. The molecule has 1 heterocycles. The van der Waals surface area contributed by atoms with E-state index in [0.717, 1.165) is 18.5 Å². The number of ether oxygens (including phenoxy) is 1. The summed E-state index contributed by atoms with van der Waals surface area (Å²) in [5.74, 6) is 0.506. The zero-order valence-electron chi connectivity index (χ0n) is 15.0. The number of rotatable bonds is 8. The van der Waals surface area contributed by atoms with E-state index in [1.54, 1.807) is 31.2 Å². The van der Waals surface area contributed by atoms with Crippen LogP contribution in [0.4, 0.5) is 22.0 Å². The third-order valence-electron chi connectivity index (χ3n) is 3.50. The Hall–Kier alpha value is -3.09. The van der Waals surface area contributed by atoms with Crippen LogP contribution in [0.3, 0.4) is 0 Å². The lowest BCUT2D eigenvalue weighted by Crippen LogP contribution is -2.24. The van der Waals surface area contributed by atoms with E-state index in [1.165, 1.54) is 6.20 Å². The van der Waals surface area contributed by atoms with Gasteiger partial charge >= 0.3 is 6.09 Å². The van der Waals surface area contributed by atoms with Gasteiger partial charge in [-0.1, -0.05) is 19.4 Å². The number of nitrogens with zero attached hydrogens (tertiary/aromatic N) is 1. The number of pyridine rings is 1. The van der Waals surface area contributed by atoms with Gasteiger partial charge < -0.3 is 15.4 Å². The molecular weight excluding hydrogens is 332 g/mol. The van der Waals surface area contributed by atoms with Crippen LogP contribution < -0.4 is 16.0 Å². The average molecular weight is 356 g/mol. The topological polar surface area (TPSA) is 92.4 Å². The van der Waals surface area contributed by atoms with Gasteiger partial charge in [-0.05, 0) is 43.7 Å². The van der Waals surface area contributed by atoms with Crippen molar-refractivity contribution in [2.45, 2.75) is 26.7 Å². The Morgan fingerprint density at radius 3 is 2.65 bits per heavy atom. The van der Waals surface area contributed by atoms with E-state index < -0.39 is 6.09 Å². The third-order valence-corrected chi connectivity index (χ3v) is 3.50. The molecule has 0 aliphatic carbocycles. The number of nitrogens with one attached hydrogen (secondary N) is 3. The molecule has 0 spiro atoms. The molecule has 2 amide bonds. The van der Waals surface area contributed by atoms with Gasteiger partial charge in [-0.25, -0.2) is 9.78 Å². The van der Waals surface area contributed by atoms with Crippen LogP contribution in [-0.2, 0) is 4.74 Å². The van der Waals surface area contributed by atoms with Crippen molar-refractivity contribution in [3.63, 3.8) is 0 Å². The highest BCUT2D eigenvalue weighted by molar-refractivity contribution is 5.95. The number of hydrogen-bond acceptors (Lipinski definition) is 5. The predicted molar refractivity (Wildman–Crippen MR) is 102 cm³/mol. The Balaban J connectivity index is 1.97. The largest absolute Gasteiger partial charge is 0.450 e. The van der Waals surface area contributed by atoms with Crippen molar-refractivity contribution in [3.8, 4) is 0 Å². The van der Waals surface area contributed by atoms with Gasteiger partial charge in [0.1, 0.15) is 5.82 Å². The highest BCUT2D eigenvalue weighted by Crippen LogP contribution is 2.17. The molecule has 26 heavy (non-hydrogen) atoms. The van der Waals surface area contributed by atoms with E-state index in [0.29, 0.717) is 30.2 Å². The average Bonchev–Trinajstić information content (AvgIpc) is 2.64. The fourth-order valence-corrected chi connectivity index (χ4v) is 2.19. The quantitative estimate of drug-likeness (QED) is 0.623. The number of amides is 2. The van der Waals surface area contributed by atoms with Crippen LogP contribution in [0.1, 0.15) is 37.0 Å². The molecule has 0 saturated carbocycles. The smallest absolute Gasteiger partial charge is 0.411 e. The molecule has 0 aliphatic rings. The lowest BCUT2D eigenvalue weighted by atomic mass is 10.2. The van der Waals surface area contributed by atoms with Gasteiger partial charge in [0.2, 0.25) is 0 Å². The van der Waals surface area contributed by atoms with Crippen LogP contribution >= 0.6 is 0 Å². The first-order valence-corrected chi connectivity index (χ1v) is 8.67. The summed E-state index contributed by atoms with van der Waals surface area (Å²) in [6.45, 7) is 4.80. The van der Waals surface area contributed by atoms with Crippen LogP contribution in [0.25, 0.3) is 0 Å². The van der Waals surface area contributed by atoms with E-state index >= 15 is 0 Å². The van der Waals surface area contributed by atoms with Crippen molar-refractivity contribution in [2.24, 2.45) is 0 Å². The van der Waals surface area contributed by atoms with Crippen LogP contribution in [0.2, 0.25) is 0 Å². The lowest BCUT2D eigenvalue weighted by Gasteiger charge is -2.09. The highest BCUT2D eigenvalue weighted by atomic mass is 16.5. The van der Waals surface area contributed by atoms with Gasteiger partial charge in [-0.15, -0.1) is 0 Å². The van der Waals surface area contributed by atoms with E-state index in [4.69, 9.17) is 4.74 Å². The molecule has 0 aliphatic heterocycles. The Bertz CT molecular complexity index is 732. The van der Waals surface area contributed by atoms with E-state index in [1.807, 2.05) is 12.1 Å². The molecule has 0 saturated heterocycles. The summed E-state index contributed by atoms with van der Waals surface area (Å²) < 4.78 is 4.81. The van der Waals surface area contributed by atoms with Crippen LogP contribution in [-0.4, -0.2) is 30.1 Å². The molecule has 7 nitrogen and oxygen atoms in total. The second-order valence-corrected chi connectivity index (χ2v) is 5.59. The molecule has 0 unspecified atom stereocenters. The Kier molecular flexibility index (Phi) is 7.42. The number of carbonyl (C=O) groups excluding carboxylic acids is 2. The second-order valence-electron chi connectivity index (χ2n) is 5.59. The minimum Gasteiger partial charge on any atom is -0.450 e. The molecule has 3 N–H and O–H groups in total. The first kappa shape index (κ1) is 19.2. The monoisotopic (exact) mass is 356 g/mol. The van der Waals surface area contributed by atoms with Gasteiger partial charge in [-0.2, -0.15) is 0 Å². The molecule has 1 aromatic carbocycles. The Labute approximate surface area is 153 Å². The van der Waals surface area contributed by atoms with Gasteiger partial charge in [-0.3, -0.25) is 10.1 Å². The summed E-state index contributed by atoms with van der Waals surface area (Å²) in [6.07, 6.45) is 3.01. The van der Waals surface area contributed by atoms with E-state index in [2.05, 4.69) is 27.9 Å². The maximum absolute atomic E-state index is 12.1. The SMILES string of the molecule is CCCCNC(=O)c1cccc(Nc2ccc(NC(=O)OCC)cn2)c1. The number of anilines is 3. The van der Waals surface area contributed by atoms with Crippen molar-refractivity contribution in [2.75, 3.05) is 23.8 Å². The molecule has 2 rings (SSSR count). The summed E-state index contributed by atoms with van der Waals surface area (Å²) in [5.41, 5.74) is 1.89. The zero-order chi connectivity index (χ0) is 18.8. The van der Waals surface area contributed by atoms with Gasteiger partial charge in [0.25, 0.3) is 5.91 Å². The highest BCUT2D eigenvalue weighted by Gasteiger charge is 2.06. The third kappa shape index (κ3) is 6.08. The fourth-order valence-electron chi connectivity index (χ4n) is 2.19. The Morgan fingerprint density at radius 2 is 1.96 bits per heavy atom.